The number of piperazine rings is 2. The number of nitrogens with zero attached hydrogens (tertiary/aromatic N) is 16. The van der Waals surface area contributed by atoms with Crippen molar-refractivity contribution in [1.82, 2.24) is 69.5 Å². The number of methoxy groups -OCH3 is 2. The maximum absolute atomic E-state index is 13.4. The SMILES string of the molecule is CCCCO.CCc1cc(N)c(OC)cc1N1CCC(N2CCN(C)CC2)CC1.CCc1cc(Nc2ncc(Br)c(Nc3ccc(-c4cnn(C(F)F)n4)cc3P(C)(C)=O)n2)c(OC)cc1N1CCC(N2CCN(C)CC2)CC1.CP(C)(=O)c1cc(-c2cnn(C(F)F)n2)ccc1Nc1nc(Cl)ncc1Br.Cc1ccc(S(=O)(=O)O)cc1. The number of aromatic nitrogens is 10. The molecule has 7 N–H and O–H groups in total. The van der Waals surface area contributed by atoms with Gasteiger partial charge in [-0.15, -0.1) is 19.8 Å². The van der Waals surface area contributed by atoms with Gasteiger partial charge in [-0.05, 0) is 196 Å². The second-order valence-electron chi connectivity index (χ2n) is 29.5. The van der Waals surface area contributed by atoms with Crippen LogP contribution >= 0.6 is 57.7 Å². The number of nitrogen functional groups attached to an aromatic ring is 1. The van der Waals surface area contributed by atoms with Crippen molar-refractivity contribution in [1.29, 1.82) is 0 Å². The molecule has 28 nitrogen and oxygen atoms in total. The summed E-state index contributed by atoms with van der Waals surface area (Å²) in [6.07, 6.45) is 14.3. The quantitative estimate of drug-likeness (QED) is 0.0114. The van der Waals surface area contributed by atoms with Crippen LogP contribution in [0.15, 0.2) is 124 Å². The molecule has 0 aliphatic carbocycles. The van der Waals surface area contributed by atoms with Crippen LogP contribution in [0.4, 0.5) is 69.3 Å². The molecule has 0 amide bonds. The molecule has 13 rings (SSSR count). The van der Waals surface area contributed by atoms with Crippen LogP contribution in [0.25, 0.3) is 22.5 Å². The molecule has 8 heterocycles. The average molecular weight is 1830 g/mol. The zero-order valence-corrected chi connectivity index (χ0v) is 74.6. The lowest BCUT2D eigenvalue weighted by Gasteiger charge is -2.43. The van der Waals surface area contributed by atoms with Crippen LogP contribution in [0, 0.1) is 6.92 Å². The molecule has 0 bridgehead atoms. The van der Waals surface area contributed by atoms with E-state index >= 15 is 0 Å². The smallest absolute Gasteiger partial charge is 0.348 e. The minimum absolute atomic E-state index is 0.0543. The lowest BCUT2D eigenvalue weighted by molar-refractivity contribution is 0.0412. The number of piperidine rings is 2. The monoisotopic (exact) mass is 1830 g/mol. The summed E-state index contributed by atoms with van der Waals surface area (Å²) in [5, 5.41) is 33.6. The van der Waals surface area contributed by atoms with E-state index in [0.717, 1.165) is 120 Å². The Kier molecular flexibility index (Phi) is 34.0. The standard InChI is InChI=1S/C34H44BrF2N10O2P.C19H32N4O.C15H13BrClF2N6OP.C7H8O3S.C4H10O/c1-6-22-17-27(30(49-3)19-29(22)46-11-9-24(10-12-46)45-15-13-44(2)14-16-45)41-34-38-20-25(35)32(42-34)40-26-8-7-23(18-31(26)50(4,5)48)28-21-39-47(43-28)33(36)37;1-4-15-13-17(20)19(24-3)14-18(15)23-7-5-16(6-8-23)22-11-9-21(2)10-12-22;1-27(2,26)12-5-8(11-7-21-25(24-11)15(18)19)3-4-10(12)22-13-9(16)6-20-14(17)23-13;1-6-2-4-7(5-3-6)11(8,9)10;1-2-3-4-5/h7-8,17-21,24,33H,6,9-16H2,1-5H3,(H2,38,40,41,42);13-14,16H,4-12,20H2,1-3H3;3-7,15H,1-2H3,(H,20,22,23);2-5H,1H3,(H,8,9,10);5H,2-4H2,1H3. The first-order chi connectivity index (χ1) is 55.6. The van der Waals surface area contributed by atoms with Gasteiger partial charge in [0.1, 0.15) is 48.8 Å². The molecule has 0 saturated carbocycles. The van der Waals surface area contributed by atoms with Gasteiger partial charge in [0.15, 0.2) is 0 Å². The maximum Gasteiger partial charge on any atom is 0.348 e. The van der Waals surface area contributed by atoms with Crippen LogP contribution in [-0.2, 0) is 32.1 Å². The average Bonchev–Trinajstić information content (AvgIpc) is 1.73. The number of unbranched alkanes of at least 4 members (excludes halogenated alkanes) is 1. The molecule has 636 valence electrons. The van der Waals surface area contributed by atoms with Crippen molar-refractivity contribution in [2.24, 2.45) is 0 Å². The van der Waals surface area contributed by atoms with Crippen molar-refractivity contribution in [3.05, 3.63) is 141 Å². The highest BCUT2D eigenvalue weighted by atomic mass is 79.9. The van der Waals surface area contributed by atoms with E-state index in [0.29, 0.717) is 87.6 Å². The molecule has 9 aromatic rings. The summed E-state index contributed by atoms with van der Waals surface area (Å²) in [7, 11) is -1.82. The molecular weight excluding hydrogens is 1720 g/mol. The number of rotatable bonds is 23. The maximum atomic E-state index is 13.4. The number of nitrogens with two attached hydrogens (primary N) is 1. The van der Waals surface area contributed by atoms with E-state index in [1.54, 1.807) is 95.6 Å². The third kappa shape index (κ3) is 26.0. The fourth-order valence-corrected chi connectivity index (χ4v) is 17.4. The van der Waals surface area contributed by atoms with Gasteiger partial charge >= 0.3 is 13.1 Å². The van der Waals surface area contributed by atoms with Gasteiger partial charge in [-0.2, -0.15) is 46.1 Å². The molecule has 0 radical (unpaired) electrons. The number of aryl methyl sites for hydroxylation is 3. The Bertz CT molecular complexity index is 4970. The van der Waals surface area contributed by atoms with Gasteiger partial charge in [0.05, 0.1) is 63.2 Å². The number of halogens is 7. The predicted octanol–water partition coefficient (Wildman–Crippen LogP) is 15.0. The topological polar surface area (TPSA) is 322 Å². The van der Waals surface area contributed by atoms with Crippen LogP contribution in [-0.4, -0.2) is 240 Å². The number of hydrogen-bond acceptors (Lipinski definition) is 25. The highest BCUT2D eigenvalue weighted by Crippen LogP contribution is 2.44. The number of anilines is 9. The number of ether oxygens (including phenoxy) is 2. The van der Waals surface area contributed by atoms with E-state index in [-0.39, 0.29) is 21.6 Å². The molecule has 4 fully saturated rings. The number of hydrogen-bond donors (Lipinski definition) is 6. The van der Waals surface area contributed by atoms with E-state index in [1.807, 2.05) is 6.92 Å². The Labute approximate surface area is 704 Å². The first kappa shape index (κ1) is 93.0. The molecule has 4 aliphatic heterocycles. The zero-order chi connectivity index (χ0) is 85.1. The Morgan fingerprint density at radius 2 is 1.03 bits per heavy atom. The number of benzene rings is 5. The normalized spacial score (nSPS) is 15.6. The van der Waals surface area contributed by atoms with Gasteiger partial charge in [0.25, 0.3) is 10.1 Å². The third-order valence-corrected chi connectivity index (χ3v) is 25.7. The van der Waals surface area contributed by atoms with E-state index in [9.17, 15) is 35.1 Å². The number of likely N-dealkylation sites (N-methyl/N-ethyl adjacent to an activating group) is 2. The number of nitrogens with one attached hydrogen (secondary N) is 3. The van der Waals surface area contributed by atoms with Crippen LogP contribution in [0.1, 0.15) is 89.1 Å². The summed E-state index contributed by atoms with van der Waals surface area (Å²) in [5.74, 6) is 2.68. The molecule has 4 aliphatic rings. The van der Waals surface area contributed by atoms with Gasteiger partial charge in [0.2, 0.25) is 11.2 Å². The minimum Gasteiger partial charge on any atom is -0.495 e. The molecule has 0 atom stereocenters. The van der Waals surface area contributed by atoms with E-state index < -0.39 is 37.5 Å². The Balaban J connectivity index is 0.000000195. The second-order valence-corrected chi connectivity index (χ2v) is 39.3. The van der Waals surface area contributed by atoms with Crippen LogP contribution < -0.4 is 51.6 Å². The Morgan fingerprint density at radius 3 is 1.42 bits per heavy atom. The van der Waals surface area contributed by atoms with Gasteiger partial charge in [-0.1, -0.05) is 57.0 Å². The van der Waals surface area contributed by atoms with Gasteiger partial charge < -0.3 is 65.0 Å². The van der Waals surface area contributed by atoms with E-state index in [2.05, 4.69) is 172 Å². The highest BCUT2D eigenvalue weighted by molar-refractivity contribution is 9.11. The first-order valence-electron chi connectivity index (χ1n) is 38.6. The lowest BCUT2D eigenvalue weighted by Crippen LogP contribution is -2.52. The van der Waals surface area contributed by atoms with Gasteiger partial charge in [-0.3, -0.25) is 14.4 Å². The van der Waals surface area contributed by atoms with Crippen molar-refractivity contribution in [3.8, 4) is 34.0 Å². The summed E-state index contributed by atoms with van der Waals surface area (Å²) in [6, 6.07) is 25.9. The summed E-state index contributed by atoms with van der Waals surface area (Å²) < 4.78 is 120. The van der Waals surface area contributed by atoms with Crippen molar-refractivity contribution in [3.63, 3.8) is 0 Å². The van der Waals surface area contributed by atoms with Crippen molar-refractivity contribution >= 4 is 130 Å². The van der Waals surface area contributed by atoms with Crippen molar-refractivity contribution in [2.75, 3.05) is 172 Å². The van der Waals surface area contributed by atoms with Crippen LogP contribution in [0.5, 0.6) is 11.5 Å². The summed E-state index contributed by atoms with van der Waals surface area (Å²) in [5.41, 5.74) is 16.2. The van der Waals surface area contributed by atoms with Crippen LogP contribution in [0.3, 0.4) is 0 Å². The van der Waals surface area contributed by atoms with Crippen molar-refractivity contribution in [2.45, 2.75) is 109 Å². The highest BCUT2D eigenvalue weighted by Gasteiger charge is 2.31. The molecule has 117 heavy (non-hydrogen) atoms. The summed E-state index contributed by atoms with van der Waals surface area (Å²) in [4.78, 5) is 33.0. The molecule has 5 aromatic carbocycles. The first-order valence-corrected chi connectivity index (χ1v) is 47.2. The van der Waals surface area contributed by atoms with E-state index in [1.165, 1.54) is 92.2 Å². The number of aliphatic hydroxyl groups is 1. The molecule has 4 saturated heterocycles. The molecule has 4 aromatic heterocycles. The fourth-order valence-electron chi connectivity index (χ4n) is 13.8. The molecule has 0 unspecified atom stereocenters. The van der Waals surface area contributed by atoms with E-state index in [4.69, 9.17) is 41.5 Å². The van der Waals surface area contributed by atoms with Gasteiger partial charge in [0, 0.05) is 155 Å². The summed E-state index contributed by atoms with van der Waals surface area (Å²) >= 11 is 12.7. The number of alkyl halides is 4. The summed E-state index contributed by atoms with van der Waals surface area (Å²) in [6.45, 7) is 23.1. The largest absolute Gasteiger partial charge is 0.495 e. The minimum atomic E-state index is -4.02. The molecular formula is C79H107Br2ClF4N20O8P2S. The van der Waals surface area contributed by atoms with Gasteiger partial charge in [-0.25, -0.2) is 9.97 Å². The predicted molar refractivity (Wildman–Crippen MR) is 467 cm³/mol. The molecule has 0 spiro atoms. The second kappa shape index (κ2) is 42.8. The number of aliphatic hydroxyl groups excluding tert-OH is 1. The third-order valence-electron chi connectivity index (χ3n) is 20.5. The van der Waals surface area contributed by atoms with Crippen LogP contribution in [0.2, 0.25) is 5.28 Å². The lowest BCUT2D eigenvalue weighted by atomic mass is 9.99. The Morgan fingerprint density at radius 1 is 0.590 bits per heavy atom. The zero-order valence-electron chi connectivity index (χ0n) is 68.1. The fraction of sp³-hybridized carbons (Fsp3) is 0.468. The molecule has 38 heteroatoms. The van der Waals surface area contributed by atoms with Crippen molar-refractivity contribution < 1.29 is 54.2 Å². The Hall–Kier alpha value is -7.92.